The zero-order valence-electron chi connectivity index (χ0n) is 13.6. The number of anilines is 1. The maximum atomic E-state index is 12.5. The van der Waals surface area contributed by atoms with Crippen LogP contribution in [0.15, 0.2) is 12.1 Å². The van der Waals surface area contributed by atoms with Crippen LogP contribution in [-0.4, -0.2) is 66.2 Å². The molecule has 0 spiro atoms. The van der Waals surface area contributed by atoms with Crippen molar-refractivity contribution in [1.82, 2.24) is 20.4 Å². The monoisotopic (exact) mass is 339 g/mol. The predicted molar refractivity (Wildman–Crippen MR) is 86.4 cm³/mol. The molecule has 2 aliphatic heterocycles. The summed E-state index contributed by atoms with van der Waals surface area (Å²) in [7, 11) is 0. The fourth-order valence-corrected chi connectivity index (χ4v) is 3.41. The molecule has 1 aromatic rings. The van der Waals surface area contributed by atoms with Crippen molar-refractivity contribution in [3.8, 4) is 0 Å². The number of rotatable bonds is 6. The SMILES string of the molecule is O=C(NCC1CCCN1CC(F)F)c1ccc(N2CCCC2)nn1. The maximum Gasteiger partial charge on any atom is 0.271 e. The highest BCUT2D eigenvalue weighted by Gasteiger charge is 2.27. The van der Waals surface area contributed by atoms with E-state index in [0.29, 0.717) is 13.1 Å². The molecule has 1 atom stereocenters. The van der Waals surface area contributed by atoms with Gasteiger partial charge in [0.1, 0.15) is 0 Å². The average Bonchev–Trinajstić information content (AvgIpc) is 3.24. The van der Waals surface area contributed by atoms with E-state index in [1.54, 1.807) is 11.0 Å². The van der Waals surface area contributed by atoms with Gasteiger partial charge in [-0.1, -0.05) is 0 Å². The highest BCUT2D eigenvalue weighted by molar-refractivity contribution is 5.92. The normalized spacial score (nSPS) is 21.6. The van der Waals surface area contributed by atoms with E-state index < -0.39 is 6.43 Å². The quantitative estimate of drug-likeness (QED) is 0.852. The van der Waals surface area contributed by atoms with Gasteiger partial charge in [-0.2, -0.15) is 0 Å². The van der Waals surface area contributed by atoms with E-state index in [9.17, 15) is 13.6 Å². The standard InChI is InChI=1S/C16H23F2N5O/c17-14(18)11-23-9-3-4-12(23)10-19-16(24)13-5-6-15(21-20-13)22-7-1-2-8-22/h5-6,12,14H,1-4,7-11H2,(H,19,24). The summed E-state index contributed by atoms with van der Waals surface area (Å²) in [4.78, 5) is 16.1. The van der Waals surface area contributed by atoms with Gasteiger partial charge in [0, 0.05) is 25.7 Å². The van der Waals surface area contributed by atoms with Gasteiger partial charge in [0.05, 0.1) is 6.54 Å². The number of hydrogen-bond acceptors (Lipinski definition) is 5. The topological polar surface area (TPSA) is 61.4 Å². The Kier molecular flexibility index (Phi) is 5.55. The zero-order chi connectivity index (χ0) is 16.9. The van der Waals surface area contributed by atoms with Crippen molar-refractivity contribution in [2.24, 2.45) is 0 Å². The molecule has 24 heavy (non-hydrogen) atoms. The number of alkyl halides is 2. The number of halogens is 2. The lowest BCUT2D eigenvalue weighted by Gasteiger charge is -2.24. The Morgan fingerprint density at radius 2 is 2.00 bits per heavy atom. The molecule has 0 radical (unpaired) electrons. The number of carbonyl (C=O) groups excluding carboxylic acids is 1. The number of amides is 1. The van der Waals surface area contributed by atoms with Crippen LogP contribution in [0.2, 0.25) is 0 Å². The van der Waals surface area contributed by atoms with Crippen molar-refractivity contribution in [3.63, 3.8) is 0 Å². The van der Waals surface area contributed by atoms with Crippen LogP contribution >= 0.6 is 0 Å². The lowest BCUT2D eigenvalue weighted by Crippen LogP contribution is -2.42. The summed E-state index contributed by atoms with van der Waals surface area (Å²) in [6.45, 7) is 2.74. The molecule has 3 rings (SSSR count). The first kappa shape index (κ1) is 17.0. The summed E-state index contributed by atoms with van der Waals surface area (Å²) in [6.07, 6.45) is 1.68. The van der Waals surface area contributed by atoms with Gasteiger partial charge in [-0.3, -0.25) is 9.69 Å². The fourth-order valence-electron chi connectivity index (χ4n) is 3.41. The van der Waals surface area contributed by atoms with E-state index in [1.807, 2.05) is 6.07 Å². The lowest BCUT2D eigenvalue weighted by molar-refractivity contribution is 0.0791. The highest BCUT2D eigenvalue weighted by Crippen LogP contribution is 2.18. The molecule has 8 heteroatoms. The third-order valence-electron chi connectivity index (χ3n) is 4.68. The van der Waals surface area contributed by atoms with Crippen LogP contribution < -0.4 is 10.2 Å². The summed E-state index contributed by atoms with van der Waals surface area (Å²) >= 11 is 0. The first-order chi connectivity index (χ1) is 11.6. The summed E-state index contributed by atoms with van der Waals surface area (Å²) in [5, 5.41) is 10.9. The van der Waals surface area contributed by atoms with E-state index in [0.717, 1.165) is 44.6 Å². The molecule has 3 heterocycles. The number of nitrogens with one attached hydrogen (secondary N) is 1. The van der Waals surface area contributed by atoms with E-state index >= 15 is 0 Å². The molecule has 132 valence electrons. The zero-order valence-corrected chi connectivity index (χ0v) is 13.6. The second-order valence-electron chi connectivity index (χ2n) is 6.36. The van der Waals surface area contributed by atoms with Gasteiger partial charge < -0.3 is 10.2 Å². The third kappa shape index (κ3) is 4.17. The van der Waals surface area contributed by atoms with Crippen LogP contribution in [0.4, 0.5) is 14.6 Å². The minimum atomic E-state index is -2.34. The van der Waals surface area contributed by atoms with Crippen LogP contribution in [-0.2, 0) is 0 Å². The minimum Gasteiger partial charge on any atom is -0.355 e. The van der Waals surface area contributed by atoms with Crippen molar-refractivity contribution in [2.75, 3.05) is 37.6 Å². The molecular weight excluding hydrogens is 316 g/mol. The molecule has 2 aliphatic rings. The maximum absolute atomic E-state index is 12.5. The smallest absolute Gasteiger partial charge is 0.271 e. The molecule has 0 saturated carbocycles. The van der Waals surface area contributed by atoms with Gasteiger partial charge in [0.2, 0.25) is 0 Å². The Morgan fingerprint density at radius 1 is 1.21 bits per heavy atom. The average molecular weight is 339 g/mol. The van der Waals surface area contributed by atoms with Gasteiger partial charge in [-0.05, 0) is 44.4 Å². The minimum absolute atomic E-state index is 0.0280. The second-order valence-corrected chi connectivity index (χ2v) is 6.36. The summed E-state index contributed by atoms with van der Waals surface area (Å²) in [6, 6.07) is 3.45. The Hall–Kier alpha value is -1.83. The predicted octanol–water partition coefficient (Wildman–Crippen LogP) is 1.54. The van der Waals surface area contributed by atoms with Gasteiger partial charge in [0.15, 0.2) is 11.5 Å². The van der Waals surface area contributed by atoms with Crippen molar-refractivity contribution in [1.29, 1.82) is 0 Å². The largest absolute Gasteiger partial charge is 0.355 e. The first-order valence-corrected chi connectivity index (χ1v) is 8.52. The number of hydrogen-bond donors (Lipinski definition) is 1. The number of aromatic nitrogens is 2. The molecular formula is C16H23F2N5O. The fraction of sp³-hybridized carbons (Fsp3) is 0.688. The highest BCUT2D eigenvalue weighted by atomic mass is 19.3. The van der Waals surface area contributed by atoms with Crippen LogP contribution in [0, 0.1) is 0 Å². The number of carbonyl (C=O) groups is 1. The van der Waals surface area contributed by atoms with Gasteiger partial charge >= 0.3 is 0 Å². The van der Waals surface area contributed by atoms with Gasteiger partial charge in [-0.25, -0.2) is 8.78 Å². The van der Waals surface area contributed by atoms with Gasteiger partial charge in [-0.15, -0.1) is 10.2 Å². The number of likely N-dealkylation sites (tertiary alicyclic amines) is 1. The second kappa shape index (κ2) is 7.83. The van der Waals surface area contributed by atoms with Crippen molar-refractivity contribution < 1.29 is 13.6 Å². The Bertz CT molecular complexity index is 548. The summed E-state index contributed by atoms with van der Waals surface area (Å²) in [5.41, 5.74) is 0.261. The molecule has 6 nitrogen and oxygen atoms in total. The van der Waals surface area contributed by atoms with Crippen LogP contribution in [0.3, 0.4) is 0 Å². The summed E-state index contributed by atoms with van der Waals surface area (Å²) in [5.74, 6) is 0.488. The van der Waals surface area contributed by atoms with E-state index in [1.165, 1.54) is 0 Å². The third-order valence-corrected chi connectivity index (χ3v) is 4.68. The molecule has 0 bridgehead atoms. The summed E-state index contributed by atoms with van der Waals surface area (Å²) < 4.78 is 25.1. The Morgan fingerprint density at radius 3 is 2.67 bits per heavy atom. The van der Waals surface area contributed by atoms with Crippen LogP contribution in [0.25, 0.3) is 0 Å². The van der Waals surface area contributed by atoms with E-state index in [-0.39, 0.29) is 24.2 Å². The molecule has 2 saturated heterocycles. The molecule has 1 unspecified atom stereocenters. The van der Waals surface area contributed by atoms with Gasteiger partial charge in [0.25, 0.3) is 12.3 Å². The number of nitrogens with zero attached hydrogens (tertiary/aromatic N) is 4. The Labute approximate surface area is 140 Å². The molecule has 0 aromatic carbocycles. The molecule has 1 amide bonds. The van der Waals surface area contributed by atoms with Crippen molar-refractivity contribution in [2.45, 2.75) is 38.2 Å². The van der Waals surface area contributed by atoms with Crippen molar-refractivity contribution >= 4 is 11.7 Å². The Balaban J connectivity index is 1.51. The van der Waals surface area contributed by atoms with Crippen LogP contribution in [0.5, 0.6) is 0 Å². The molecule has 1 aromatic heterocycles. The van der Waals surface area contributed by atoms with Crippen molar-refractivity contribution in [3.05, 3.63) is 17.8 Å². The van der Waals surface area contributed by atoms with E-state index in [2.05, 4.69) is 20.4 Å². The molecule has 2 fully saturated rings. The first-order valence-electron chi connectivity index (χ1n) is 8.52. The van der Waals surface area contributed by atoms with Crippen LogP contribution in [0.1, 0.15) is 36.2 Å². The molecule has 0 aliphatic carbocycles. The van der Waals surface area contributed by atoms with E-state index in [4.69, 9.17) is 0 Å². The molecule has 1 N–H and O–H groups in total. The lowest BCUT2D eigenvalue weighted by atomic mass is 10.2.